The third-order valence-electron chi connectivity index (χ3n) is 2.71. The maximum absolute atomic E-state index is 11.0. The second-order valence-corrected chi connectivity index (χ2v) is 3.94. The van der Waals surface area contributed by atoms with Crippen LogP contribution in [0.5, 0.6) is 5.75 Å². The van der Waals surface area contributed by atoms with Crippen molar-refractivity contribution in [2.45, 2.75) is 6.92 Å². The summed E-state index contributed by atoms with van der Waals surface area (Å²) >= 11 is 0. The van der Waals surface area contributed by atoms with Gasteiger partial charge in [0, 0.05) is 0 Å². The lowest BCUT2D eigenvalue weighted by molar-refractivity contribution is 0.112. The number of carbonyl (C=O) groups excluding carboxylic acids is 1. The molecule has 0 saturated heterocycles. The number of aryl methyl sites for hydroxylation is 1. The first-order chi connectivity index (χ1) is 8.24. The monoisotopic (exact) mass is 226 g/mol. The Morgan fingerprint density at radius 1 is 1.06 bits per heavy atom. The van der Waals surface area contributed by atoms with E-state index in [4.69, 9.17) is 4.74 Å². The van der Waals surface area contributed by atoms with E-state index in [1.807, 2.05) is 43.3 Å². The predicted molar refractivity (Wildman–Crippen MR) is 68.6 cm³/mol. The largest absolute Gasteiger partial charge is 0.496 e. The van der Waals surface area contributed by atoms with Crippen molar-refractivity contribution in [1.29, 1.82) is 0 Å². The van der Waals surface area contributed by atoms with Crippen LogP contribution in [0.1, 0.15) is 15.9 Å². The van der Waals surface area contributed by atoms with E-state index < -0.39 is 0 Å². The molecule has 2 nitrogen and oxygen atoms in total. The van der Waals surface area contributed by atoms with Crippen LogP contribution >= 0.6 is 0 Å². The number of methoxy groups -OCH3 is 1. The summed E-state index contributed by atoms with van der Waals surface area (Å²) in [4.78, 5) is 11.0. The second-order valence-electron chi connectivity index (χ2n) is 3.94. The Bertz CT molecular complexity index is 544. The van der Waals surface area contributed by atoms with Gasteiger partial charge in [0.2, 0.25) is 0 Å². The zero-order valence-electron chi connectivity index (χ0n) is 9.94. The van der Waals surface area contributed by atoms with E-state index in [0.29, 0.717) is 11.3 Å². The number of ether oxygens (including phenoxy) is 1. The summed E-state index contributed by atoms with van der Waals surface area (Å²) in [7, 11) is 1.56. The Morgan fingerprint density at radius 2 is 1.82 bits per heavy atom. The SMILES string of the molecule is COc1ccc(-c2cccc(C)c2)cc1C=O. The molecule has 2 heteroatoms. The van der Waals surface area contributed by atoms with Crippen LogP contribution in [0.4, 0.5) is 0 Å². The summed E-state index contributed by atoms with van der Waals surface area (Å²) in [6, 6.07) is 13.8. The quantitative estimate of drug-likeness (QED) is 0.749. The highest BCUT2D eigenvalue weighted by Crippen LogP contribution is 2.26. The fraction of sp³-hybridized carbons (Fsp3) is 0.133. The Morgan fingerprint density at radius 3 is 2.47 bits per heavy atom. The van der Waals surface area contributed by atoms with Gasteiger partial charge in [-0.25, -0.2) is 0 Å². The normalized spacial score (nSPS) is 10.0. The molecule has 0 spiro atoms. The minimum atomic E-state index is 0.575. The number of hydrogen-bond acceptors (Lipinski definition) is 2. The summed E-state index contributed by atoms with van der Waals surface area (Å²) in [5.41, 5.74) is 3.91. The van der Waals surface area contributed by atoms with E-state index in [-0.39, 0.29) is 0 Å². The highest BCUT2D eigenvalue weighted by molar-refractivity contribution is 5.83. The third-order valence-corrected chi connectivity index (χ3v) is 2.71. The number of aldehydes is 1. The van der Waals surface area contributed by atoms with Gasteiger partial charge in [-0.1, -0.05) is 35.9 Å². The zero-order valence-corrected chi connectivity index (χ0v) is 9.94. The molecule has 0 radical (unpaired) electrons. The Kier molecular flexibility index (Phi) is 3.24. The summed E-state index contributed by atoms with van der Waals surface area (Å²) in [6.07, 6.45) is 0.818. The number of hydrogen-bond donors (Lipinski definition) is 0. The van der Waals surface area contributed by atoms with Crippen LogP contribution in [0.3, 0.4) is 0 Å². The van der Waals surface area contributed by atoms with Crippen LogP contribution in [0.2, 0.25) is 0 Å². The molecule has 0 bridgehead atoms. The van der Waals surface area contributed by atoms with Crippen LogP contribution in [0.15, 0.2) is 42.5 Å². The van der Waals surface area contributed by atoms with Gasteiger partial charge in [-0.2, -0.15) is 0 Å². The summed E-state index contributed by atoms with van der Waals surface area (Å²) in [6.45, 7) is 2.05. The molecule has 2 rings (SSSR count). The molecule has 0 aliphatic carbocycles. The van der Waals surface area contributed by atoms with Crippen molar-refractivity contribution in [1.82, 2.24) is 0 Å². The second kappa shape index (κ2) is 4.83. The average molecular weight is 226 g/mol. The topological polar surface area (TPSA) is 26.3 Å². The minimum Gasteiger partial charge on any atom is -0.496 e. The fourth-order valence-electron chi connectivity index (χ4n) is 1.83. The van der Waals surface area contributed by atoms with Gasteiger partial charge in [0.1, 0.15) is 5.75 Å². The van der Waals surface area contributed by atoms with E-state index >= 15 is 0 Å². The third kappa shape index (κ3) is 2.36. The van der Waals surface area contributed by atoms with Crippen LogP contribution in [-0.4, -0.2) is 13.4 Å². The lowest BCUT2D eigenvalue weighted by Crippen LogP contribution is -1.91. The van der Waals surface area contributed by atoms with Gasteiger partial charge >= 0.3 is 0 Å². The van der Waals surface area contributed by atoms with Crippen LogP contribution in [0, 0.1) is 6.92 Å². The van der Waals surface area contributed by atoms with E-state index in [0.717, 1.165) is 17.4 Å². The molecule has 86 valence electrons. The van der Waals surface area contributed by atoms with Gasteiger partial charge in [0.05, 0.1) is 12.7 Å². The molecular formula is C15H14O2. The van der Waals surface area contributed by atoms with E-state index in [9.17, 15) is 4.79 Å². The maximum atomic E-state index is 11.0. The Balaban J connectivity index is 2.50. The molecule has 0 atom stereocenters. The van der Waals surface area contributed by atoms with Crippen molar-refractivity contribution in [2.24, 2.45) is 0 Å². The first-order valence-electron chi connectivity index (χ1n) is 5.45. The molecule has 17 heavy (non-hydrogen) atoms. The summed E-state index contributed by atoms with van der Waals surface area (Å²) in [5.74, 6) is 0.608. The molecular weight excluding hydrogens is 212 g/mol. The van der Waals surface area contributed by atoms with E-state index in [2.05, 4.69) is 6.07 Å². The van der Waals surface area contributed by atoms with Gasteiger partial charge in [-0.3, -0.25) is 4.79 Å². The van der Waals surface area contributed by atoms with Crippen molar-refractivity contribution in [2.75, 3.05) is 7.11 Å². The molecule has 0 aliphatic heterocycles. The fourth-order valence-corrected chi connectivity index (χ4v) is 1.83. The molecule has 2 aromatic rings. The molecule has 0 aromatic heterocycles. The van der Waals surface area contributed by atoms with Crippen LogP contribution < -0.4 is 4.74 Å². The van der Waals surface area contributed by atoms with Crippen LogP contribution in [-0.2, 0) is 0 Å². The highest BCUT2D eigenvalue weighted by Gasteiger charge is 2.04. The molecule has 2 aromatic carbocycles. The zero-order chi connectivity index (χ0) is 12.3. The number of rotatable bonds is 3. The van der Waals surface area contributed by atoms with Gasteiger partial charge in [0.25, 0.3) is 0 Å². The van der Waals surface area contributed by atoms with Crippen molar-refractivity contribution < 1.29 is 9.53 Å². The summed E-state index contributed by atoms with van der Waals surface area (Å²) in [5, 5.41) is 0. The van der Waals surface area contributed by atoms with E-state index in [1.54, 1.807) is 7.11 Å². The lowest BCUT2D eigenvalue weighted by Gasteiger charge is -2.07. The Hall–Kier alpha value is -2.09. The van der Waals surface area contributed by atoms with Gasteiger partial charge in [0.15, 0.2) is 6.29 Å². The van der Waals surface area contributed by atoms with Gasteiger partial charge in [-0.05, 0) is 30.2 Å². The smallest absolute Gasteiger partial charge is 0.153 e. The molecule has 0 unspecified atom stereocenters. The van der Waals surface area contributed by atoms with Gasteiger partial charge in [-0.15, -0.1) is 0 Å². The van der Waals surface area contributed by atoms with Crippen molar-refractivity contribution >= 4 is 6.29 Å². The molecule has 0 saturated carbocycles. The van der Waals surface area contributed by atoms with Crippen molar-refractivity contribution in [3.05, 3.63) is 53.6 Å². The maximum Gasteiger partial charge on any atom is 0.153 e. The first-order valence-corrected chi connectivity index (χ1v) is 5.45. The average Bonchev–Trinajstić information content (AvgIpc) is 2.38. The molecule has 0 N–H and O–H groups in total. The highest BCUT2D eigenvalue weighted by atomic mass is 16.5. The molecule has 0 aliphatic rings. The van der Waals surface area contributed by atoms with Crippen molar-refractivity contribution in [3.63, 3.8) is 0 Å². The lowest BCUT2D eigenvalue weighted by atomic mass is 10.0. The van der Waals surface area contributed by atoms with Crippen LogP contribution in [0.25, 0.3) is 11.1 Å². The minimum absolute atomic E-state index is 0.575. The predicted octanol–water partition coefficient (Wildman–Crippen LogP) is 3.48. The van der Waals surface area contributed by atoms with Crippen molar-refractivity contribution in [3.8, 4) is 16.9 Å². The van der Waals surface area contributed by atoms with E-state index in [1.165, 1.54) is 5.56 Å². The van der Waals surface area contributed by atoms with Gasteiger partial charge < -0.3 is 4.74 Å². The summed E-state index contributed by atoms with van der Waals surface area (Å²) < 4.78 is 5.12. The number of carbonyl (C=O) groups is 1. The number of benzene rings is 2. The molecule has 0 fully saturated rings. The Labute approximate surface area is 101 Å². The first kappa shape index (κ1) is 11.4. The molecule has 0 amide bonds. The standard InChI is InChI=1S/C15H14O2/c1-11-4-3-5-12(8-11)13-6-7-15(17-2)14(9-13)10-16/h3-10H,1-2H3. The molecule has 0 heterocycles.